The van der Waals surface area contributed by atoms with Gasteiger partial charge in [-0.05, 0) is 34.1 Å². The van der Waals surface area contributed by atoms with Crippen LogP contribution in [-0.4, -0.2) is 41.4 Å². The molecule has 3 heterocycles. The molecule has 1 amide bonds. The smallest absolute Gasteiger partial charge is 0.263 e. The van der Waals surface area contributed by atoms with Crippen LogP contribution in [0.2, 0.25) is 0 Å². The first-order valence-electron chi connectivity index (χ1n) is 8.31. The minimum absolute atomic E-state index is 0.0940. The standard InChI is InChI=1S/C17H23N3O4S/c1-9-13(11(3)24-20-9)7-23-15-8-22-6-5-14(15)19-17(21)16-10(2)18-12(4)25-16/h14-15H,5-8H2,1-4H3,(H,19,21)/t14-,15-/m1/s1. The van der Waals surface area contributed by atoms with Crippen molar-refractivity contribution in [3.8, 4) is 0 Å². The molecule has 1 saturated heterocycles. The van der Waals surface area contributed by atoms with Gasteiger partial charge in [0.05, 0.1) is 35.7 Å². The number of nitrogens with one attached hydrogen (secondary N) is 1. The molecule has 1 aliphatic rings. The number of hydrogen-bond acceptors (Lipinski definition) is 7. The number of carbonyl (C=O) groups excluding carboxylic acids is 1. The molecule has 0 radical (unpaired) electrons. The normalized spacial score (nSPS) is 20.6. The molecule has 1 N–H and O–H groups in total. The molecule has 3 rings (SSSR count). The lowest BCUT2D eigenvalue weighted by Crippen LogP contribution is -2.49. The van der Waals surface area contributed by atoms with E-state index in [1.807, 2.05) is 27.7 Å². The van der Waals surface area contributed by atoms with E-state index in [4.69, 9.17) is 14.0 Å². The van der Waals surface area contributed by atoms with Gasteiger partial charge in [-0.25, -0.2) is 4.98 Å². The monoisotopic (exact) mass is 365 g/mol. The Balaban J connectivity index is 1.64. The zero-order chi connectivity index (χ0) is 18.0. The average molecular weight is 365 g/mol. The van der Waals surface area contributed by atoms with E-state index in [-0.39, 0.29) is 18.1 Å². The summed E-state index contributed by atoms with van der Waals surface area (Å²) in [5.41, 5.74) is 2.54. The Labute approximate surface area is 150 Å². The van der Waals surface area contributed by atoms with Crippen molar-refractivity contribution in [2.24, 2.45) is 0 Å². The molecule has 7 nitrogen and oxygen atoms in total. The van der Waals surface area contributed by atoms with Gasteiger partial charge in [-0.2, -0.15) is 0 Å². The maximum Gasteiger partial charge on any atom is 0.263 e. The number of carbonyl (C=O) groups is 1. The number of hydrogen-bond donors (Lipinski definition) is 1. The third-order valence-electron chi connectivity index (χ3n) is 4.35. The van der Waals surface area contributed by atoms with Crippen LogP contribution in [0.3, 0.4) is 0 Å². The van der Waals surface area contributed by atoms with E-state index in [1.54, 1.807) is 0 Å². The number of rotatable bonds is 5. The molecule has 0 aromatic carbocycles. The molecule has 25 heavy (non-hydrogen) atoms. The molecule has 8 heteroatoms. The van der Waals surface area contributed by atoms with Crippen LogP contribution < -0.4 is 5.32 Å². The Kier molecular flexibility index (Phi) is 5.51. The predicted molar refractivity (Wildman–Crippen MR) is 92.8 cm³/mol. The number of aromatic nitrogens is 2. The van der Waals surface area contributed by atoms with E-state index in [0.717, 1.165) is 34.1 Å². The molecule has 0 spiro atoms. The molecular weight excluding hydrogens is 342 g/mol. The lowest BCUT2D eigenvalue weighted by molar-refractivity contribution is -0.0738. The van der Waals surface area contributed by atoms with Crippen molar-refractivity contribution in [2.45, 2.75) is 52.9 Å². The molecule has 2 aromatic heterocycles. The maximum absolute atomic E-state index is 12.6. The van der Waals surface area contributed by atoms with Crippen LogP contribution in [-0.2, 0) is 16.1 Å². The van der Waals surface area contributed by atoms with E-state index < -0.39 is 0 Å². The summed E-state index contributed by atoms with van der Waals surface area (Å²) in [4.78, 5) is 17.6. The van der Waals surface area contributed by atoms with E-state index in [1.165, 1.54) is 11.3 Å². The summed E-state index contributed by atoms with van der Waals surface area (Å²) in [6.45, 7) is 8.96. The lowest BCUT2D eigenvalue weighted by atomic mass is 10.1. The van der Waals surface area contributed by atoms with Crippen molar-refractivity contribution < 1.29 is 18.8 Å². The van der Waals surface area contributed by atoms with Crippen LogP contribution in [0.5, 0.6) is 0 Å². The minimum atomic E-state index is -0.208. The first-order valence-corrected chi connectivity index (χ1v) is 9.13. The van der Waals surface area contributed by atoms with Gasteiger partial charge in [0.15, 0.2) is 0 Å². The Bertz CT molecular complexity index is 736. The van der Waals surface area contributed by atoms with Gasteiger partial charge < -0.3 is 19.3 Å². The molecule has 1 aliphatic heterocycles. The summed E-state index contributed by atoms with van der Waals surface area (Å²) < 4.78 is 16.7. The van der Waals surface area contributed by atoms with E-state index >= 15 is 0 Å². The largest absolute Gasteiger partial charge is 0.379 e. The zero-order valence-electron chi connectivity index (χ0n) is 14.9. The van der Waals surface area contributed by atoms with Crippen molar-refractivity contribution in [1.82, 2.24) is 15.5 Å². The fourth-order valence-corrected chi connectivity index (χ4v) is 3.74. The topological polar surface area (TPSA) is 86.5 Å². The van der Waals surface area contributed by atoms with Crippen molar-refractivity contribution in [2.75, 3.05) is 13.2 Å². The Morgan fingerprint density at radius 1 is 1.32 bits per heavy atom. The Morgan fingerprint density at radius 3 is 2.76 bits per heavy atom. The fraction of sp³-hybridized carbons (Fsp3) is 0.588. The molecule has 1 fully saturated rings. The molecule has 0 unspecified atom stereocenters. The summed E-state index contributed by atoms with van der Waals surface area (Å²) >= 11 is 1.41. The molecule has 2 atom stereocenters. The quantitative estimate of drug-likeness (QED) is 0.876. The number of ether oxygens (including phenoxy) is 2. The predicted octanol–water partition coefficient (Wildman–Crippen LogP) is 2.47. The Morgan fingerprint density at radius 2 is 2.12 bits per heavy atom. The molecule has 2 aromatic rings. The first-order chi connectivity index (χ1) is 12.0. The first kappa shape index (κ1) is 18.0. The second kappa shape index (κ2) is 7.63. The average Bonchev–Trinajstić information content (AvgIpc) is 3.08. The van der Waals surface area contributed by atoms with Gasteiger partial charge in [-0.1, -0.05) is 5.16 Å². The van der Waals surface area contributed by atoms with Crippen LogP contribution in [0.4, 0.5) is 0 Å². The third kappa shape index (κ3) is 4.08. The highest BCUT2D eigenvalue weighted by Gasteiger charge is 2.29. The highest BCUT2D eigenvalue weighted by molar-refractivity contribution is 7.13. The van der Waals surface area contributed by atoms with Gasteiger partial charge in [0.1, 0.15) is 16.7 Å². The van der Waals surface area contributed by atoms with Crippen LogP contribution >= 0.6 is 11.3 Å². The third-order valence-corrected chi connectivity index (χ3v) is 5.42. The second-order valence-corrected chi connectivity index (χ2v) is 7.45. The highest BCUT2D eigenvalue weighted by Crippen LogP contribution is 2.20. The summed E-state index contributed by atoms with van der Waals surface area (Å²) in [5.74, 6) is 0.659. The summed E-state index contributed by atoms with van der Waals surface area (Å²) in [7, 11) is 0. The van der Waals surface area contributed by atoms with Gasteiger partial charge in [-0.15, -0.1) is 11.3 Å². The van der Waals surface area contributed by atoms with Gasteiger partial charge in [0, 0.05) is 12.2 Å². The van der Waals surface area contributed by atoms with Crippen LogP contribution in [0.1, 0.15) is 43.8 Å². The zero-order valence-corrected chi connectivity index (χ0v) is 15.7. The van der Waals surface area contributed by atoms with E-state index in [9.17, 15) is 4.79 Å². The summed E-state index contributed by atoms with van der Waals surface area (Å²) in [6, 6.07) is -0.0940. The molecule has 136 valence electrons. The number of aryl methyl sites for hydroxylation is 4. The molecular formula is C17H23N3O4S. The maximum atomic E-state index is 12.6. The SMILES string of the molecule is Cc1nc(C)c(C(=O)N[C@@H]2CCOC[C@H]2OCc2c(C)noc2C)s1. The molecule has 0 bridgehead atoms. The van der Waals surface area contributed by atoms with Gasteiger partial charge in [0.25, 0.3) is 5.91 Å². The Hall–Kier alpha value is -1.77. The number of amides is 1. The lowest BCUT2D eigenvalue weighted by Gasteiger charge is -2.32. The number of thiazole rings is 1. The van der Waals surface area contributed by atoms with Crippen molar-refractivity contribution in [1.29, 1.82) is 0 Å². The van der Waals surface area contributed by atoms with Crippen LogP contribution in [0.25, 0.3) is 0 Å². The van der Waals surface area contributed by atoms with Gasteiger partial charge >= 0.3 is 0 Å². The van der Waals surface area contributed by atoms with Crippen molar-refractivity contribution in [3.63, 3.8) is 0 Å². The van der Waals surface area contributed by atoms with Crippen molar-refractivity contribution in [3.05, 3.63) is 32.6 Å². The van der Waals surface area contributed by atoms with Gasteiger partial charge in [-0.3, -0.25) is 4.79 Å². The summed E-state index contributed by atoms with van der Waals surface area (Å²) in [5, 5.41) is 7.91. The van der Waals surface area contributed by atoms with E-state index in [0.29, 0.717) is 24.7 Å². The van der Waals surface area contributed by atoms with Crippen LogP contribution in [0, 0.1) is 27.7 Å². The highest BCUT2D eigenvalue weighted by atomic mass is 32.1. The molecule has 0 aliphatic carbocycles. The minimum Gasteiger partial charge on any atom is -0.379 e. The van der Waals surface area contributed by atoms with Gasteiger partial charge in [0.2, 0.25) is 0 Å². The van der Waals surface area contributed by atoms with E-state index in [2.05, 4.69) is 15.5 Å². The second-order valence-electron chi connectivity index (χ2n) is 6.24. The summed E-state index contributed by atoms with van der Waals surface area (Å²) in [6.07, 6.45) is 0.509. The number of nitrogens with zero attached hydrogens (tertiary/aromatic N) is 2. The fourth-order valence-electron chi connectivity index (χ4n) is 2.92. The van der Waals surface area contributed by atoms with Crippen molar-refractivity contribution >= 4 is 17.2 Å². The molecule has 0 saturated carbocycles. The van der Waals surface area contributed by atoms with Crippen LogP contribution in [0.15, 0.2) is 4.52 Å².